The summed E-state index contributed by atoms with van der Waals surface area (Å²) >= 11 is 1.24. The van der Waals surface area contributed by atoms with E-state index >= 15 is 0 Å². The zero-order valence-corrected chi connectivity index (χ0v) is 25.2. The molecule has 218 valence electrons. The van der Waals surface area contributed by atoms with E-state index in [-0.39, 0.29) is 10.9 Å². The summed E-state index contributed by atoms with van der Waals surface area (Å²) in [5, 5.41) is 17.2. The highest BCUT2D eigenvalue weighted by Gasteiger charge is 2.37. The highest BCUT2D eigenvalue weighted by molar-refractivity contribution is 8.15. The first-order valence-corrected chi connectivity index (χ1v) is 15.9. The van der Waals surface area contributed by atoms with Gasteiger partial charge in [0.2, 0.25) is 10.0 Å². The Kier molecular flexibility index (Phi) is 7.82. The molecule has 0 fully saturated rings. The average Bonchev–Trinajstić information content (AvgIpc) is 2.93. The van der Waals surface area contributed by atoms with Gasteiger partial charge in [-0.05, 0) is 86.3 Å². The number of benzene rings is 3. The minimum atomic E-state index is -3.42. The number of nitrogens with zero attached hydrogens (tertiary/aromatic N) is 5. The van der Waals surface area contributed by atoms with Crippen molar-refractivity contribution in [3.05, 3.63) is 93.5 Å². The number of thioether (sulfide) groups is 1. The van der Waals surface area contributed by atoms with Crippen molar-refractivity contribution in [1.82, 2.24) is 5.01 Å². The maximum atomic E-state index is 12.3. The second kappa shape index (κ2) is 11.2. The van der Waals surface area contributed by atoms with Crippen LogP contribution in [0.1, 0.15) is 37.0 Å². The molecule has 0 aromatic heterocycles. The number of nitro groups is 1. The number of hydrazone groups is 1. The summed E-state index contributed by atoms with van der Waals surface area (Å²) < 4.78 is 25.2. The molecule has 0 spiro atoms. The largest absolute Gasteiger partial charge is 0.326 e. The van der Waals surface area contributed by atoms with Crippen molar-refractivity contribution in [3.8, 4) is 0 Å². The summed E-state index contributed by atoms with van der Waals surface area (Å²) in [7, 11) is -1.77. The molecular weight excluding hydrogens is 576 g/mol. The fraction of sp³-hybridized carbons (Fsp3) is 0.276. The summed E-state index contributed by atoms with van der Waals surface area (Å²) in [6, 6.07) is 19.1. The Morgan fingerprint density at radius 2 is 1.79 bits per heavy atom. The van der Waals surface area contributed by atoms with Gasteiger partial charge in [0.1, 0.15) is 5.84 Å². The fourth-order valence-electron chi connectivity index (χ4n) is 4.97. The van der Waals surface area contributed by atoms with Gasteiger partial charge in [-0.3, -0.25) is 19.6 Å². The predicted molar refractivity (Wildman–Crippen MR) is 168 cm³/mol. The van der Waals surface area contributed by atoms with Crippen molar-refractivity contribution in [1.29, 1.82) is 0 Å². The second-order valence-corrected chi connectivity index (χ2v) is 13.9. The van der Waals surface area contributed by atoms with Gasteiger partial charge in [-0.15, -0.1) is 0 Å². The highest BCUT2D eigenvalue weighted by Crippen LogP contribution is 2.38. The molecule has 0 aliphatic carbocycles. The van der Waals surface area contributed by atoms with E-state index in [0.717, 1.165) is 41.6 Å². The van der Waals surface area contributed by atoms with Crippen LogP contribution in [0.15, 0.2) is 76.8 Å². The van der Waals surface area contributed by atoms with Crippen molar-refractivity contribution in [2.45, 2.75) is 31.4 Å². The molecule has 0 saturated carbocycles. The lowest BCUT2D eigenvalue weighted by atomic mass is 9.93. The number of amidine groups is 1. The van der Waals surface area contributed by atoms with Crippen LogP contribution in [0.3, 0.4) is 0 Å². The van der Waals surface area contributed by atoms with E-state index in [1.54, 1.807) is 43.4 Å². The van der Waals surface area contributed by atoms with E-state index in [1.165, 1.54) is 28.9 Å². The summed E-state index contributed by atoms with van der Waals surface area (Å²) in [6.45, 7) is 4.65. The smallest absolute Gasteiger partial charge is 0.302 e. The highest BCUT2D eigenvalue weighted by atomic mass is 32.2. The van der Waals surface area contributed by atoms with E-state index in [1.807, 2.05) is 26.0 Å². The first kappa shape index (κ1) is 29.3. The molecule has 11 nitrogen and oxygen atoms in total. The first-order chi connectivity index (χ1) is 19.8. The molecule has 1 N–H and O–H groups in total. The molecule has 0 atom stereocenters. The molecular formula is C29H30N6O5S2. The molecule has 0 radical (unpaired) electrons. The normalized spacial score (nSPS) is 17.0. The molecule has 0 bridgehead atoms. The number of aryl methyl sites for hydroxylation is 1. The van der Waals surface area contributed by atoms with Crippen molar-refractivity contribution < 1.29 is 18.1 Å². The lowest BCUT2D eigenvalue weighted by molar-refractivity contribution is -0.384. The Labute approximate surface area is 248 Å². The molecule has 2 aliphatic rings. The molecule has 42 heavy (non-hydrogen) atoms. The number of nitrogens with one attached hydrogen (secondary N) is 1. The molecule has 0 unspecified atom stereocenters. The molecule has 0 saturated heterocycles. The summed E-state index contributed by atoms with van der Waals surface area (Å²) in [5.41, 5.74) is 5.52. The minimum absolute atomic E-state index is 0.0184. The topological polar surface area (TPSA) is 138 Å². The Balaban J connectivity index is 1.57. The van der Waals surface area contributed by atoms with Gasteiger partial charge < -0.3 is 4.90 Å². The van der Waals surface area contributed by atoms with E-state index < -0.39 is 19.7 Å². The number of rotatable bonds is 6. The SMILES string of the molecule is CN1N=C(c2ccc3c(c2)CCCN3C(=Nc2ccc(NS(C)(=O)=O)cc2)c2ccc([N+](=O)[O-])cc2)C(C)(C)SC1=O. The Hall–Kier alpha value is -4.23. The van der Waals surface area contributed by atoms with Gasteiger partial charge in [0.15, 0.2) is 0 Å². The number of aliphatic imine (C=N–C) groups is 1. The number of carbonyl (C=O) groups excluding carboxylic acids is 1. The third-order valence-electron chi connectivity index (χ3n) is 6.90. The molecule has 1 amide bonds. The third-order valence-corrected chi connectivity index (χ3v) is 8.65. The number of sulfonamides is 1. The van der Waals surface area contributed by atoms with Crippen LogP contribution < -0.4 is 9.62 Å². The van der Waals surface area contributed by atoms with Gasteiger partial charge in [0, 0.05) is 42.7 Å². The number of amides is 1. The molecule has 2 aliphatic heterocycles. The maximum absolute atomic E-state index is 12.3. The van der Waals surface area contributed by atoms with Crippen molar-refractivity contribution >= 4 is 61.3 Å². The molecule has 3 aromatic carbocycles. The monoisotopic (exact) mass is 606 g/mol. The van der Waals surface area contributed by atoms with Crippen molar-refractivity contribution in [2.24, 2.45) is 10.1 Å². The van der Waals surface area contributed by atoms with E-state index in [0.29, 0.717) is 29.3 Å². The van der Waals surface area contributed by atoms with Gasteiger partial charge >= 0.3 is 5.24 Å². The van der Waals surface area contributed by atoms with Crippen LogP contribution in [0.5, 0.6) is 0 Å². The number of non-ortho nitro benzene ring substituents is 1. The number of hydrogen-bond donors (Lipinski definition) is 1. The second-order valence-electron chi connectivity index (χ2n) is 10.6. The van der Waals surface area contributed by atoms with Crippen LogP contribution in [-0.4, -0.2) is 59.7 Å². The third kappa shape index (κ3) is 6.31. The number of fused-ring (bicyclic) bond motifs is 1. The van der Waals surface area contributed by atoms with Crippen LogP contribution in [-0.2, 0) is 16.4 Å². The van der Waals surface area contributed by atoms with E-state index in [4.69, 9.17) is 4.99 Å². The number of anilines is 2. The molecule has 5 rings (SSSR count). The van der Waals surface area contributed by atoms with E-state index in [2.05, 4.69) is 20.8 Å². The summed E-state index contributed by atoms with van der Waals surface area (Å²) in [4.78, 5) is 30.2. The van der Waals surface area contributed by atoms with Gasteiger partial charge in [-0.1, -0.05) is 17.8 Å². The lowest BCUT2D eigenvalue weighted by Gasteiger charge is -2.35. The summed E-state index contributed by atoms with van der Waals surface area (Å²) in [5.74, 6) is 0.610. The zero-order valence-electron chi connectivity index (χ0n) is 23.6. The van der Waals surface area contributed by atoms with Gasteiger partial charge in [-0.25, -0.2) is 18.4 Å². The lowest BCUT2D eigenvalue weighted by Crippen LogP contribution is -2.40. The van der Waals surface area contributed by atoms with Crippen LogP contribution in [0.25, 0.3) is 0 Å². The summed E-state index contributed by atoms with van der Waals surface area (Å²) in [6.07, 6.45) is 2.78. The zero-order chi connectivity index (χ0) is 30.2. The first-order valence-electron chi connectivity index (χ1n) is 13.2. The van der Waals surface area contributed by atoms with Gasteiger partial charge in [-0.2, -0.15) is 5.10 Å². The Bertz CT molecular complexity index is 1720. The number of nitro benzene ring substituents is 1. The maximum Gasteiger partial charge on any atom is 0.302 e. The van der Waals surface area contributed by atoms with Crippen LogP contribution in [0.2, 0.25) is 0 Å². The fourth-order valence-corrected chi connectivity index (χ4v) is 6.40. The molecule has 13 heteroatoms. The van der Waals surface area contributed by atoms with Crippen LogP contribution in [0, 0.1) is 10.1 Å². The van der Waals surface area contributed by atoms with E-state index in [9.17, 15) is 23.3 Å². The number of hydrogen-bond acceptors (Lipinski definition) is 8. The van der Waals surface area contributed by atoms with Gasteiger partial charge in [0.05, 0.1) is 27.3 Å². The van der Waals surface area contributed by atoms with Gasteiger partial charge in [0.25, 0.3) is 5.69 Å². The predicted octanol–water partition coefficient (Wildman–Crippen LogP) is 5.78. The van der Waals surface area contributed by atoms with Crippen molar-refractivity contribution in [2.75, 3.05) is 29.5 Å². The molecule has 2 heterocycles. The Morgan fingerprint density at radius 1 is 1.10 bits per heavy atom. The Morgan fingerprint density at radius 3 is 2.43 bits per heavy atom. The quantitative estimate of drug-likeness (QED) is 0.163. The molecule has 3 aromatic rings. The average molecular weight is 607 g/mol. The van der Waals surface area contributed by atoms with Crippen molar-refractivity contribution in [3.63, 3.8) is 0 Å². The van der Waals surface area contributed by atoms with Crippen LogP contribution >= 0.6 is 11.8 Å². The van der Waals surface area contributed by atoms with Crippen LogP contribution in [0.4, 0.5) is 27.5 Å². The number of carbonyl (C=O) groups is 1. The standard InChI is InChI=1S/C29H30N6O5S2/c1-29(2)26(31-33(3)28(36)41-29)21-9-16-25-20(18-21)6-5-17-34(25)27(19-7-14-24(15-8-19)35(37)38)30-22-10-12-23(13-11-22)32-42(4,39)40/h7-16,18,32H,5-6,17H2,1-4H3. The minimum Gasteiger partial charge on any atom is -0.326 e.